The van der Waals surface area contributed by atoms with E-state index in [1.54, 1.807) is 7.11 Å². The number of hydrogen-bond donors (Lipinski definition) is 2. The Kier molecular flexibility index (Phi) is 7.82. The van der Waals surface area contributed by atoms with Crippen molar-refractivity contribution in [3.63, 3.8) is 0 Å². The van der Waals surface area contributed by atoms with Crippen molar-refractivity contribution in [2.75, 3.05) is 57.0 Å². The zero-order chi connectivity index (χ0) is 21.3. The van der Waals surface area contributed by atoms with Crippen LogP contribution in [0.3, 0.4) is 0 Å². The minimum Gasteiger partial charge on any atom is -0.497 e. The van der Waals surface area contributed by atoms with Crippen LogP contribution in [0.15, 0.2) is 48.5 Å². The predicted molar refractivity (Wildman–Crippen MR) is 119 cm³/mol. The molecule has 1 fully saturated rings. The maximum Gasteiger partial charge on any atom is 0.238 e. The van der Waals surface area contributed by atoms with Gasteiger partial charge in [0.1, 0.15) is 5.75 Å². The van der Waals surface area contributed by atoms with Gasteiger partial charge < -0.3 is 15.4 Å². The number of benzene rings is 2. The number of aryl methyl sites for hydroxylation is 1. The highest BCUT2D eigenvalue weighted by Crippen LogP contribution is 2.16. The normalized spacial score (nSPS) is 14.9. The van der Waals surface area contributed by atoms with Crippen LogP contribution < -0.4 is 15.4 Å². The van der Waals surface area contributed by atoms with Gasteiger partial charge in [0, 0.05) is 37.6 Å². The molecule has 0 aliphatic carbocycles. The molecule has 2 aromatic carbocycles. The van der Waals surface area contributed by atoms with Crippen molar-refractivity contribution in [3.8, 4) is 5.75 Å². The lowest BCUT2D eigenvalue weighted by Crippen LogP contribution is -2.50. The minimum atomic E-state index is -0.0393. The topological polar surface area (TPSA) is 73.9 Å². The van der Waals surface area contributed by atoms with Crippen LogP contribution >= 0.6 is 0 Å². The van der Waals surface area contributed by atoms with Gasteiger partial charge in [-0.25, -0.2) is 0 Å². The second-order valence-corrected chi connectivity index (χ2v) is 7.39. The van der Waals surface area contributed by atoms with Crippen LogP contribution in [0.1, 0.15) is 12.5 Å². The molecule has 30 heavy (non-hydrogen) atoms. The third kappa shape index (κ3) is 6.30. The predicted octanol–water partition coefficient (Wildman–Crippen LogP) is 2.45. The Morgan fingerprint density at radius 2 is 1.43 bits per heavy atom. The molecule has 7 nitrogen and oxygen atoms in total. The van der Waals surface area contributed by atoms with Gasteiger partial charge in [0.25, 0.3) is 0 Å². The molecule has 0 saturated carbocycles. The molecule has 2 N–H and O–H groups in total. The Bertz CT molecular complexity index is 846. The number of piperazine rings is 1. The maximum atomic E-state index is 12.4. The van der Waals surface area contributed by atoms with Crippen LogP contribution in [0, 0.1) is 0 Å². The molecule has 2 amide bonds. The average Bonchev–Trinajstić information content (AvgIpc) is 2.76. The molecule has 1 aliphatic rings. The molecule has 0 radical (unpaired) electrons. The summed E-state index contributed by atoms with van der Waals surface area (Å²) in [6.45, 7) is 5.83. The molecular weight excluding hydrogens is 380 g/mol. The summed E-state index contributed by atoms with van der Waals surface area (Å²) in [5, 5.41) is 5.93. The summed E-state index contributed by atoms with van der Waals surface area (Å²) in [4.78, 5) is 29.0. The van der Waals surface area contributed by atoms with E-state index in [0.717, 1.165) is 55.3 Å². The number of ether oxygens (including phenoxy) is 1. The van der Waals surface area contributed by atoms with Crippen molar-refractivity contribution >= 4 is 23.2 Å². The molecule has 2 aromatic rings. The Labute approximate surface area is 178 Å². The van der Waals surface area contributed by atoms with E-state index in [9.17, 15) is 9.59 Å². The van der Waals surface area contributed by atoms with Crippen molar-refractivity contribution in [3.05, 3.63) is 54.1 Å². The van der Waals surface area contributed by atoms with Crippen molar-refractivity contribution in [1.82, 2.24) is 9.80 Å². The fourth-order valence-corrected chi connectivity index (χ4v) is 3.53. The summed E-state index contributed by atoms with van der Waals surface area (Å²) in [5.41, 5.74) is 2.78. The number of carbonyl (C=O) groups excluding carboxylic acids is 2. The lowest BCUT2D eigenvalue weighted by Gasteiger charge is -2.33. The molecule has 7 heteroatoms. The summed E-state index contributed by atoms with van der Waals surface area (Å²) < 4.78 is 5.12. The number of nitrogens with one attached hydrogen (secondary N) is 2. The first-order chi connectivity index (χ1) is 14.6. The quantitative estimate of drug-likeness (QED) is 0.699. The van der Waals surface area contributed by atoms with Crippen LogP contribution in [-0.2, 0) is 16.0 Å². The number of nitrogens with zero attached hydrogens (tertiary/aromatic N) is 2. The fourth-order valence-electron chi connectivity index (χ4n) is 3.53. The van der Waals surface area contributed by atoms with Crippen molar-refractivity contribution in [2.24, 2.45) is 0 Å². The molecule has 0 spiro atoms. The first kappa shape index (κ1) is 21.8. The van der Waals surface area contributed by atoms with E-state index in [0.29, 0.717) is 13.1 Å². The third-order valence-electron chi connectivity index (χ3n) is 5.25. The molecule has 3 rings (SSSR count). The van der Waals surface area contributed by atoms with E-state index in [4.69, 9.17) is 4.74 Å². The van der Waals surface area contributed by atoms with Crippen molar-refractivity contribution < 1.29 is 14.3 Å². The second-order valence-electron chi connectivity index (χ2n) is 7.39. The number of carbonyl (C=O) groups is 2. The standard InChI is InChI=1S/C23H30N4O3/c1-3-18-6-4-5-7-21(18)25-23(29)17-27-14-12-26(13-15-27)16-22(28)24-19-8-10-20(30-2)11-9-19/h4-11H,3,12-17H2,1-2H3,(H,24,28)(H,25,29). The smallest absolute Gasteiger partial charge is 0.238 e. The van der Waals surface area contributed by atoms with E-state index < -0.39 is 0 Å². The minimum absolute atomic E-state index is 0.00148. The van der Waals surface area contributed by atoms with Crippen LogP contribution in [0.5, 0.6) is 5.75 Å². The summed E-state index contributed by atoms with van der Waals surface area (Å²) in [7, 11) is 1.61. The van der Waals surface area contributed by atoms with Crippen molar-refractivity contribution in [2.45, 2.75) is 13.3 Å². The largest absolute Gasteiger partial charge is 0.497 e. The van der Waals surface area contributed by atoms with Gasteiger partial charge in [0.15, 0.2) is 0 Å². The Balaban J connectivity index is 1.39. The molecule has 1 heterocycles. The van der Waals surface area contributed by atoms with Gasteiger partial charge in [-0.15, -0.1) is 0 Å². The number of methoxy groups -OCH3 is 1. The summed E-state index contributed by atoms with van der Waals surface area (Å²) in [5.74, 6) is 0.718. The molecule has 160 valence electrons. The number of amides is 2. The van der Waals surface area contributed by atoms with Gasteiger partial charge in [0.2, 0.25) is 11.8 Å². The number of anilines is 2. The van der Waals surface area contributed by atoms with E-state index in [-0.39, 0.29) is 11.8 Å². The molecule has 1 saturated heterocycles. The van der Waals surface area contributed by atoms with Gasteiger partial charge in [-0.05, 0) is 42.3 Å². The summed E-state index contributed by atoms with van der Waals surface area (Å²) in [6.07, 6.45) is 0.883. The van der Waals surface area contributed by atoms with Crippen LogP contribution in [-0.4, -0.2) is 68.0 Å². The highest BCUT2D eigenvalue weighted by molar-refractivity contribution is 5.93. The van der Waals surface area contributed by atoms with E-state index >= 15 is 0 Å². The van der Waals surface area contributed by atoms with E-state index in [2.05, 4.69) is 27.4 Å². The SMILES string of the molecule is CCc1ccccc1NC(=O)CN1CCN(CC(=O)Nc2ccc(OC)cc2)CC1. The fraction of sp³-hybridized carbons (Fsp3) is 0.391. The highest BCUT2D eigenvalue weighted by atomic mass is 16.5. The lowest BCUT2D eigenvalue weighted by atomic mass is 10.1. The molecule has 0 bridgehead atoms. The number of para-hydroxylation sites is 1. The van der Waals surface area contributed by atoms with Crippen molar-refractivity contribution in [1.29, 1.82) is 0 Å². The number of hydrogen-bond acceptors (Lipinski definition) is 5. The molecule has 0 aromatic heterocycles. The summed E-state index contributed by atoms with van der Waals surface area (Å²) >= 11 is 0. The van der Waals surface area contributed by atoms with Crippen LogP contribution in [0.4, 0.5) is 11.4 Å². The number of rotatable bonds is 8. The zero-order valence-corrected chi connectivity index (χ0v) is 17.7. The van der Waals surface area contributed by atoms with Crippen LogP contribution in [0.25, 0.3) is 0 Å². The highest BCUT2D eigenvalue weighted by Gasteiger charge is 2.21. The Morgan fingerprint density at radius 1 is 0.867 bits per heavy atom. The average molecular weight is 411 g/mol. The van der Waals surface area contributed by atoms with Gasteiger partial charge in [-0.2, -0.15) is 0 Å². The first-order valence-corrected chi connectivity index (χ1v) is 10.3. The third-order valence-corrected chi connectivity index (χ3v) is 5.25. The molecule has 0 atom stereocenters. The Morgan fingerprint density at radius 3 is 2.00 bits per heavy atom. The van der Waals surface area contributed by atoms with E-state index in [1.165, 1.54) is 0 Å². The zero-order valence-electron chi connectivity index (χ0n) is 17.7. The lowest BCUT2D eigenvalue weighted by molar-refractivity contribution is -0.120. The summed E-state index contributed by atoms with van der Waals surface area (Å²) in [6, 6.07) is 15.2. The van der Waals surface area contributed by atoms with Gasteiger partial charge in [-0.1, -0.05) is 25.1 Å². The molecule has 0 unspecified atom stereocenters. The van der Waals surface area contributed by atoms with E-state index in [1.807, 2.05) is 48.5 Å². The first-order valence-electron chi connectivity index (χ1n) is 10.3. The van der Waals surface area contributed by atoms with Gasteiger partial charge in [-0.3, -0.25) is 19.4 Å². The maximum absolute atomic E-state index is 12.4. The second kappa shape index (κ2) is 10.8. The van der Waals surface area contributed by atoms with Crippen LogP contribution in [0.2, 0.25) is 0 Å². The van der Waals surface area contributed by atoms with Gasteiger partial charge in [0.05, 0.1) is 20.2 Å². The Hall–Kier alpha value is -2.90. The van der Waals surface area contributed by atoms with Gasteiger partial charge >= 0.3 is 0 Å². The molecular formula is C23H30N4O3. The monoisotopic (exact) mass is 410 g/mol. The molecule has 1 aliphatic heterocycles.